The summed E-state index contributed by atoms with van der Waals surface area (Å²) < 4.78 is 38.3. The van der Waals surface area contributed by atoms with Crippen LogP contribution in [0, 0.1) is 0 Å². The van der Waals surface area contributed by atoms with E-state index in [1.54, 1.807) is 0 Å². The molecule has 0 saturated carbocycles. The third-order valence-electron chi connectivity index (χ3n) is 6.37. The molecule has 1 N–H and O–H groups in total. The highest BCUT2D eigenvalue weighted by molar-refractivity contribution is 7.85. The van der Waals surface area contributed by atoms with Gasteiger partial charge in [-0.3, -0.25) is 8.98 Å². The van der Waals surface area contributed by atoms with E-state index in [1.807, 2.05) is 58.2 Å². The Balaban J connectivity index is 1.66. The van der Waals surface area contributed by atoms with Crippen LogP contribution >= 0.6 is 0 Å². The van der Waals surface area contributed by atoms with Crippen LogP contribution < -0.4 is 15.0 Å². The first-order valence-electron chi connectivity index (χ1n) is 12.8. The highest BCUT2D eigenvalue weighted by atomic mass is 32.2. The third-order valence-corrected chi connectivity index (χ3v) is 6.96. The smallest absolute Gasteiger partial charge is 0.310 e. The van der Waals surface area contributed by atoms with Gasteiger partial charge in [0.25, 0.3) is 10.1 Å². The second-order valence-corrected chi connectivity index (χ2v) is 12.3. The maximum atomic E-state index is 12.6. The van der Waals surface area contributed by atoms with Gasteiger partial charge in [0.05, 0.1) is 18.7 Å². The van der Waals surface area contributed by atoms with Gasteiger partial charge in [0.1, 0.15) is 24.6 Å². The fourth-order valence-electron chi connectivity index (χ4n) is 4.79. The predicted octanol–water partition coefficient (Wildman–Crippen LogP) is 5.17. The molecule has 1 aliphatic heterocycles. The van der Waals surface area contributed by atoms with E-state index in [1.165, 1.54) is 0 Å². The van der Waals surface area contributed by atoms with Crippen LogP contribution in [0.25, 0.3) is 11.1 Å². The molecule has 3 aromatic carbocycles. The minimum Gasteiger partial charge on any atom is -0.491 e. The molecule has 0 aromatic heterocycles. The minimum absolute atomic E-state index is 0.0513. The van der Waals surface area contributed by atoms with Gasteiger partial charge in [-0.15, -0.1) is 0 Å². The number of benzene rings is 3. The van der Waals surface area contributed by atoms with Crippen LogP contribution in [-0.4, -0.2) is 53.6 Å². The zero-order valence-corrected chi connectivity index (χ0v) is 24.1. The molecule has 0 amide bonds. The lowest BCUT2D eigenvalue weighted by atomic mass is 9.84. The van der Waals surface area contributed by atoms with E-state index >= 15 is 0 Å². The first kappa shape index (κ1) is 28.4. The van der Waals surface area contributed by atoms with Crippen molar-refractivity contribution in [3.63, 3.8) is 0 Å². The van der Waals surface area contributed by atoms with Crippen molar-refractivity contribution in [1.29, 1.82) is 0 Å². The number of hydrogen-bond donors (Lipinski definition) is 1. The van der Waals surface area contributed by atoms with Crippen LogP contribution in [0.2, 0.25) is 0 Å². The normalized spacial score (nSPS) is 14.8. The number of ether oxygens (including phenoxy) is 2. The summed E-state index contributed by atoms with van der Waals surface area (Å²) in [6, 6.07) is 20.1. The standard InChI is InChI=1S/C30H36N2O6S/c1-30(2,3)38-28(33)18-20-7-13-24-25-14-10-22(31-4)19-27(25)32(5)29(26(24)17-20)21-8-11-23(12-9-21)36-15-16-37-39(6,34)35/h7-14,17,19,29,31H,15-16,18H2,1-6H3. The Kier molecular flexibility index (Phi) is 8.23. The molecule has 0 fully saturated rings. The van der Waals surface area contributed by atoms with Gasteiger partial charge < -0.3 is 19.7 Å². The SMILES string of the molecule is CNc1ccc2c(c1)N(C)C(c1ccc(OCCOS(C)(=O)=O)cc1)c1cc(CC(=O)OC(C)(C)C)ccc1-2. The van der Waals surface area contributed by atoms with Crippen molar-refractivity contribution in [2.75, 3.05) is 43.8 Å². The Morgan fingerprint density at radius 2 is 1.67 bits per heavy atom. The lowest BCUT2D eigenvalue weighted by Gasteiger charge is -2.38. The average Bonchev–Trinajstić information content (AvgIpc) is 2.85. The molecule has 4 rings (SSSR count). The largest absolute Gasteiger partial charge is 0.491 e. The molecular weight excluding hydrogens is 516 g/mol. The predicted molar refractivity (Wildman–Crippen MR) is 154 cm³/mol. The van der Waals surface area contributed by atoms with E-state index < -0.39 is 15.7 Å². The highest BCUT2D eigenvalue weighted by Gasteiger charge is 2.31. The van der Waals surface area contributed by atoms with Crippen LogP contribution in [0.1, 0.15) is 43.5 Å². The monoisotopic (exact) mass is 552 g/mol. The Morgan fingerprint density at radius 3 is 2.31 bits per heavy atom. The minimum atomic E-state index is -3.50. The van der Waals surface area contributed by atoms with Crippen molar-refractivity contribution >= 4 is 27.5 Å². The van der Waals surface area contributed by atoms with Gasteiger partial charge in [-0.2, -0.15) is 8.42 Å². The summed E-state index contributed by atoms with van der Waals surface area (Å²) >= 11 is 0. The summed E-state index contributed by atoms with van der Waals surface area (Å²) in [6.45, 7) is 5.67. The second-order valence-electron chi connectivity index (χ2n) is 10.6. The number of nitrogens with one attached hydrogen (secondary N) is 1. The van der Waals surface area contributed by atoms with E-state index in [9.17, 15) is 13.2 Å². The first-order valence-corrected chi connectivity index (χ1v) is 14.6. The van der Waals surface area contributed by atoms with Crippen molar-refractivity contribution in [3.05, 3.63) is 77.4 Å². The van der Waals surface area contributed by atoms with Gasteiger partial charge in [0.15, 0.2) is 0 Å². The van der Waals surface area contributed by atoms with E-state index in [0.29, 0.717) is 5.75 Å². The van der Waals surface area contributed by atoms with Crippen molar-refractivity contribution < 1.29 is 26.9 Å². The summed E-state index contributed by atoms with van der Waals surface area (Å²) in [5.41, 5.74) is 6.84. The lowest BCUT2D eigenvalue weighted by molar-refractivity contribution is -0.153. The molecule has 208 valence electrons. The quantitative estimate of drug-likeness (QED) is 0.221. The molecule has 0 bridgehead atoms. The second kappa shape index (κ2) is 11.3. The molecule has 1 atom stereocenters. The van der Waals surface area contributed by atoms with E-state index in [2.05, 4.69) is 47.6 Å². The zero-order valence-electron chi connectivity index (χ0n) is 23.3. The molecule has 39 heavy (non-hydrogen) atoms. The van der Waals surface area contributed by atoms with E-state index in [-0.39, 0.29) is 31.6 Å². The van der Waals surface area contributed by atoms with Crippen LogP contribution in [-0.2, 0) is 30.3 Å². The number of nitrogens with zero attached hydrogens (tertiary/aromatic N) is 1. The topological polar surface area (TPSA) is 94.2 Å². The molecule has 0 saturated heterocycles. The fourth-order valence-corrected chi connectivity index (χ4v) is 5.16. The average molecular weight is 553 g/mol. The lowest BCUT2D eigenvalue weighted by Crippen LogP contribution is -2.29. The molecule has 1 aliphatic rings. The third kappa shape index (κ3) is 7.10. The van der Waals surface area contributed by atoms with Crippen molar-refractivity contribution in [2.45, 2.75) is 38.8 Å². The van der Waals surface area contributed by atoms with Gasteiger partial charge in [-0.1, -0.05) is 36.4 Å². The molecular formula is C30H36N2O6S. The van der Waals surface area contributed by atoms with Crippen molar-refractivity contribution in [1.82, 2.24) is 0 Å². The van der Waals surface area contributed by atoms with E-state index in [0.717, 1.165) is 45.4 Å². The van der Waals surface area contributed by atoms with Crippen LogP contribution in [0.3, 0.4) is 0 Å². The fraction of sp³-hybridized carbons (Fsp3) is 0.367. The number of carbonyl (C=O) groups excluding carboxylic acids is 1. The maximum Gasteiger partial charge on any atom is 0.310 e. The van der Waals surface area contributed by atoms with Crippen molar-refractivity contribution in [2.24, 2.45) is 0 Å². The number of hydrogen-bond acceptors (Lipinski definition) is 8. The Morgan fingerprint density at radius 1 is 0.974 bits per heavy atom. The molecule has 9 heteroatoms. The number of esters is 1. The molecule has 8 nitrogen and oxygen atoms in total. The van der Waals surface area contributed by atoms with Gasteiger partial charge in [-0.25, -0.2) is 0 Å². The number of fused-ring (bicyclic) bond motifs is 3. The first-order chi connectivity index (χ1) is 18.3. The maximum absolute atomic E-state index is 12.6. The highest BCUT2D eigenvalue weighted by Crippen LogP contribution is 2.47. The van der Waals surface area contributed by atoms with Gasteiger partial charge in [0.2, 0.25) is 0 Å². The molecule has 0 radical (unpaired) electrons. The van der Waals surface area contributed by atoms with Crippen LogP contribution in [0.15, 0.2) is 60.7 Å². The molecule has 0 aliphatic carbocycles. The summed E-state index contributed by atoms with van der Waals surface area (Å²) in [5, 5.41) is 3.22. The summed E-state index contributed by atoms with van der Waals surface area (Å²) in [6.07, 6.45) is 1.20. The van der Waals surface area contributed by atoms with Crippen LogP contribution in [0.4, 0.5) is 11.4 Å². The molecule has 1 heterocycles. The summed E-state index contributed by atoms with van der Waals surface area (Å²) in [4.78, 5) is 14.8. The van der Waals surface area contributed by atoms with Gasteiger partial charge >= 0.3 is 5.97 Å². The summed E-state index contributed by atoms with van der Waals surface area (Å²) in [7, 11) is 0.467. The number of carbonyl (C=O) groups is 1. The van der Waals surface area contributed by atoms with Crippen molar-refractivity contribution in [3.8, 4) is 16.9 Å². The van der Waals surface area contributed by atoms with Gasteiger partial charge in [-0.05, 0) is 67.3 Å². The van der Waals surface area contributed by atoms with E-state index in [4.69, 9.17) is 13.7 Å². The zero-order chi connectivity index (χ0) is 28.4. The molecule has 0 spiro atoms. The number of rotatable bonds is 9. The summed E-state index contributed by atoms with van der Waals surface area (Å²) in [5.74, 6) is 0.356. The molecule has 3 aromatic rings. The van der Waals surface area contributed by atoms with Gasteiger partial charge in [0, 0.05) is 31.0 Å². The Labute approximate surface area is 231 Å². The van der Waals surface area contributed by atoms with Crippen LogP contribution in [0.5, 0.6) is 5.75 Å². The number of anilines is 2. The molecule has 1 unspecified atom stereocenters. The Bertz CT molecular complexity index is 1450. The Hall–Kier alpha value is -3.56.